The monoisotopic (exact) mass is 277 g/mol. The number of allylic oxidation sites excluding steroid dienone is 4. The Morgan fingerprint density at radius 1 is 1.19 bits per heavy atom. The summed E-state index contributed by atoms with van der Waals surface area (Å²) < 4.78 is 14.1. The predicted octanol–water partition coefficient (Wildman–Crippen LogP) is 3.83. The quantitative estimate of drug-likeness (QED) is 0.838. The van der Waals surface area contributed by atoms with E-state index >= 15 is 0 Å². The van der Waals surface area contributed by atoms with E-state index in [-0.39, 0.29) is 11.5 Å². The Morgan fingerprint density at radius 3 is 2.57 bits per heavy atom. The van der Waals surface area contributed by atoms with Crippen LogP contribution in [0, 0.1) is 18.3 Å². The molecule has 0 amide bonds. The van der Waals surface area contributed by atoms with Gasteiger partial charge in [-0.1, -0.05) is 42.5 Å². The van der Waals surface area contributed by atoms with Crippen molar-refractivity contribution in [3.63, 3.8) is 0 Å². The molecule has 1 unspecified atom stereocenters. The summed E-state index contributed by atoms with van der Waals surface area (Å²) in [6, 6.07) is 11.6. The standard InChI is InChI=1S/C17H12FN3/c1-11-16(12-6-3-2-4-7-12)17(15(10-19)21-20-11)13-8-5-9-14(13)18/h2-9,13H,1H3. The largest absolute Gasteiger partial charge is 0.211 e. The highest BCUT2D eigenvalue weighted by atomic mass is 19.1. The molecular weight excluding hydrogens is 265 g/mol. The zero-order valence-corrected chi connectivity index (χ0v) is 11.4. The molecule has 3 rings (SSSR count). The molecule has 0 aliphatic heterocycles. The van der Waals surface area contributed by atoms with E-state index in [1.165, 1.54) is 6.08 Å². The van der Waals surface area contributed by atoms with Crippen LogP contribution in [0.15, 0.2) is 54.4 Å². The second-order valence-electron chi connectivity index (χ2n) is 4.81. The Morgan fingerprint density at radius 2 is 1.95 bits per heavy atom. The van der Waals surface area contributed by atoms with Crippen molar-refractivity contribution in [1.29, 1.82) is 5.26 Å². The average Bonchev–Trinajstić information content (AvgIpc) is 2.93. The van der Waals surface area contributed by atoms with Gasteiger partial charge in [-0.25, -0.2) is 4.39 Å². The number of aryl methyl sites for hydroxylation is 1. The third-order valence-electron chi connectivity index (χ3n) is 3.52. The molecule has 0 N–H and O–H groups in total. The van der Waals surface area contributed by atoms with Crippen LogP contribution >= 0.6 is 0 Å². The number of aromatic nitrogens is 2. The highest BCUT2D eigenvalue weighted by Crippen LogP contribution is 2.39. The molecule has 1 aliphatic rings. The molecule has 2 aromatic rings. The minimum absolute atomic E-state index is 0.166. The molecule has 0 bridgehead atoms. The number of rotatable bonds is 2. The molecule has 21 heavy (non-hydrogen) atoms. The van der Waals surface area contributed by atoms with Crippen LogP contribution in [-0.4, -0.2) is 10.2 Å². The summed E-state index contributed by atoms with van der Waals surface area (Å²) in [5.41, 5.74) is 3.12. The van der Waals surface area contributed by atoms with E-state index in [1.807, 2.05) is 43.3 Å². The van der Waals surface area contributed by atoms with Crippen LogP contribution in [0.25, 0.3) is 11.1 Å². The van der Waals surface area contributed by atoms with Crippen LogP contribution in [0.1, 0.15) is 22.9 Å². The number of hydrogen-bond donors (Lipinski definition) is 0. The maximum Gasteiger partial charge on any atom is 0.167 e. The molecule has 0 fully saturated rings. The van der Waals surface area contributed by atoms with E-state index in [9.17, 15) is 9.65 Å². The zero-order valence-electron chi connectivity index (χ0n) is 11.4. The molecule has 0 saturated heterocycles. The van der Waals surface area contributed by atoms with Gasteiger partial charge in [0, 0.05) is 11.1 Å². The predicted molar refractivity (Wildman–Crippen MR) is 78.0 cm³/mol. The van der Waals surface area contributed by atoms with Crippen molar-refractivity contribution >= 4 is 0 Å². The molecule has 0 spiro atoms. The topological polar surface area (TPSA) is 49.6 Å². The van der Waals surface area contributed by atoms with Gasteiger partial charge in [0.15, 0.2) is 5.69 Å². The molecular formula is C17H12FN3. The van der Waals surface area contributed by atoms with Gasteiger partial charge >= 0.3 is 0 Å². The first-order chi connectivity index (χ1) is 10.2. The van der Waals surface area contributed by atoms with Gasteiger partial charge in [0.25, 0.3) is 0 Å². The summed E-state index contributed by atoms with van der Waals surface area (Å²) in [7, 11) is 0. The number of hydrogen-bond acceptors (Lipinski definition) is 3. The lowest BCUT2D eigenvalue weighted by Gasteiger charge is -2.17. The molecule has 102 valence electrons. The number of halogens is 1. The SMILES string of the molecule is Cc1nnc(C#N)c(C2C=CC=C2F)c1-c1ccccc1. The fraction of sp³-hybridized carbons (Fsp3) is 0.118. The van der Waals surface area contributed by atoms with Crippen LogP contribution in [0.4, 0.5) is 4.39 Å². The summed E-state index contributed by atoms with van der Waals surface area (Å²) >= 11 is 0. The van der Waals surface area contributed by atoms with Crippen LogP contribution in [-0.2, 0) is 0 Å². The molecule has 1 heterocycles. The number of nitriles is 1. The van der Waals surface area contributed by atoms with E-state index in [0.29, 0.717) is 11.3 Å². The Hall–Kier alpha value is -2.80. The summed E-state index contributed by atoms with van der Waals surface area (Å²) in [6.07, 6.45) is 4.81. The van der Waals surface area contributed by atoms with Crippen LogP contribution in [0.3, 0.4) is 0 Å². The molecule has 0 radical (unpaired) electrons. The first-order valence-electron chi connectivity index (χ1n) is 6.59. The minimum atomic E-state index is -0.566. The average molecular weight is 277 g/mol. The zero-order chi connectivity index (χ0) is 14.8. The Balaban J connectivity index is 2.31. The summed E-state index contributed by atoms with van der Waals surface area (Å²) in [4.78, 5) is 0. The van der Waals surface area contributed by atoms with Gasteiger partial charge < -0.3 is 0 Å². The molecule has 3 nitrogen and oxygen atoms in total. The fourth-order valence-electron chi connectivity index (χ4n) is 2.59. The lowest BCUT2D eigenvalue weighted by Crippen LogP contribution is -2.07. The lowest BCUT2D eigenvalue weighted by molar-refractivity contribution is 0.590. The van der Waals surface area contributed by atoms with Crippen LogP contribution in [0.2, 0.25) is 0 Å². The van der Waals surface area contributed by atoms with Crippen molar-refractivity contribution in [2.75, 3.05) is 0 Å². The Bertz CT molecular complexity index is 786. The second kappa shape index (κ2) is 5.29. The maximum atomic E-state index is 14.1. The van der Waals surface area contributed by atoms with E-state index in [1.54, 1.807) is 12.2 Å². The molecule has 1 aromatic carbocycles. The Labute approximate surface area is 122 Å². The lowest BCUT2D eigenvalue weighted by atomic mass is 9.89. The summed E-state index contributed by atoms with van der Waals surface area (Å²) in [5, 5.41) is 17.3. The van der Waals surface area contributed by atoms with Gasteiger partial charge in [0.1, 0.15) is 11.9 Å². The van der Waals surface area contributed by atoms with Crippen molar-refractivity contribution in [2.24, 2.45) is 0 Å². The normalized spacial score (nSPS) is 16.6. The second-order valence-corrected chi connectivity index (χ2v) is 4.81. The van der Waals surface area contributed by atoms with Crippen LogP contribution in [0.5, 0.6) is 0 Å². The summed E-state index contributed by atoms with van der Waals surface area (Å²) in [6.45, 7) is 1.82. The van der Waals surface area contributed by atoms with Crippen molar-refractivity contribution in [3.05, 3.63) is 71.3 Å². The van der Waals surface area contributed by atoms with Crippen molar-refractivity contribution in [2.45, 2.75) is 12.8 Å². The van der Waals surface area contributed by atoms with E-state index in [4.69, 9.17) is 0 Å². The van der Waals surface area contributed by atoms with E-state index < -0.39 is 5.92 Å². The minimum Gasteiger partial charge on any atom is -0.211 e. The molecule has 4 heteroatoms. The van der Waals surface area contributed by atoms with Crippen molar-refractivity contribution < 1.29 is 4.39 Å². The number of nitrogens with zero attached hydrogens (tertiary/aromatic N) is 3. The van der Waals surface area contributed by atoms with E-state index in [0.717, 1.165) is 11.1 Å². The highest BCUT2D eigenvalue weighted by Gasteiger charge is 2.26. The van der Waals surface area contributed by atoms with Gasteiger partial charge in [-0.3, -0.25) is 0 Å². The molecule has 1 atom stereocenters. The number of benzene rings is 1. The third-order valence-corrected chi connectivity index (χ3v) is 3.52. The summed E-state index contributed by atoms with van der Waals surface area (Å²) in [5.74, 6) is -0.847. The Kier molecular flexibility index (Phi) is 3.33. The fourth-order valence-corrected chi connectivity index (χ4v) is 2.59. The van der Waals surface area contributed by atoms with Gasteiger partial charge in [-0.05, 0) is 18.6 Å². The van der Waals surface area contributed by atoms with Gasteiger partial charge in [0.05, 0.1) is 11.6 Å². The van der Waals surface area contributed by atoms with Crippen LogP contribution < -0.4 is 0 Å². The van der Waals surface area contributed by atoms with Gasteiger partial charge in [-0.15, -0.1) is 5.10 Å². The highest BCUT2D eigenvalue weighted by molar-refractivity contribution is 5.73. The molecule has 1 aliphatic carbocycles. The van der Waals surface area contributed by atoms with Crippen molar-refractivity contribution in [3.8, 4) is 17.2 Å². The van der Waals surface area contributed by atoms with Crippen molar-refractivity contribution in [1.82, 2.24) is 10.2 Å². The first kappa shape index (κ1) is 13.2. The maximum absolute atomic E-state index is 14.1. The molecule has 1 aromatic heterocycles. The first-order valence-corrected chi connectivity index (χ1v) is 6.59. The van der Waals surface area contributed by atoms with E-state index in [2.05, 4.69) is 10.2 Å². The van der Waals surface area contributed by atoms with Gasteiger partial charge in [-0.2, -0.15) is 10.4 Å². The smallest absolute Gasteiger partial charge is 0.167 e. The third kappa shape index (κ3) is 2.23. The van der Waals surface area contributed by atoms with Gasteiger partial charge in [0.2, 0.25) is 0 Å². The molecule has 0 saturated carbocycles.